The van der Waals surface area contributed by atoms with Crippen molar-refractivity contribution in [1.82, 2.24) is 0 Å². The number of hydrogen-bond acceptors (Lipinski definition) is 3. The molecule has 1 heterocycles. The maximum Gasteiger partial charge on any atom is 0.323 e. The third kappa shape index (κ3) is 2.42. The molecule has 82 valence electrons. The fourth-order valence-corrected chi connectivity index (χ4v) is 3.39. The minimum atomic E-state index is -3.73. The van der Waals surface area contributed by atoms with Crippen molar-refractivity contribution in [1.29, 1.82) is 0 Å². The summed E-state index contributed by atoms with van der Waals surface area (Å²) in [6.45, 7) is 0. The van der Waals surface area contributed by atoms with Crippen LogP contribution < -0.4 is 0 Å². The highest BCUT2D eigenvalue weighted by molar-refractivity contribution is 7.91. The fourth-order valence-electron chi connectivity index (χ4n) is 1.47. The summed E-state index contributed by atoms with van der Waals surface area (Å²) in [4.78, 5) is 10.4. The molecule has 0 amide bonds. The zero-order valence-electron chi connectivity index (χ0n) is 7.17. The molecule has 1 aliphatic rings. The van der Waals surface area contributed by atoms with Gasteiger partial charge in [0.05, 0.1) is 11.5 Å². The molecule has 14 heavy (non-hydrogen) atoms. The van der Waals surface area contributed by atoms with Gasteiger partial charge in [-0.25, -0.2) is 8.42 Å². The molecule has 0 bridgehead atoms. The zero-order valence-corrected chi connectivity index (χ0v) is 8.75. The van der Waals surface area contributed by atoms with Crippen molar-refractivity contribution in [2.45, 2.75) is 18.8 Å². The van der Waals surface area contributed by atoms with Crippen LogP contribution in [0.3, 0.4) is 0 Å². The highest BCUT2D eigenvalue weighted by Crippen LogP contribution is 2.34. The van der Waals surface area contributed by atoms with Crippen molar-refractivity contribution < 1.29 is 22.0 Å². The largest absolute Gasteiger partial charge is 0.323 e. The van der Waals surface area contributed by atoms with Crippen molar-refractivity contribution >= 4 is 26.7 Å². The van der Waals surface area contributed by atoms with Crippen LogP contribution in [0.5, 0.6) is 0 Å². The minimum absolute atomic E-state index is 0.0185. The summed E-state index contributed by atoms with van der Waals surface area (Å²) < 4.78 is 48.1. The van der Waals surface area contributed by atoms with Gasteiger partial charge in [-0.2, -0.15) is 8.78 Å². The summed E-state index contributed by atoms with van der Waals surface area (Å²) in [6.07, 6.45) is 0.178. The Hall–Kier alpha value is -0.230. The first kappa shape index (κ1) is 11.8. The van der Waals surface area contributed by atoms with Crippen LogP contribution in [0.2, 0.25) is 0 Å². The van der Waals surface area contributed by atoms with E-state index in [1.165, 1.54) is 0 Å². The van der Waals surface area contributed by atoms with Gasteiger partial charge in [-0.15, -0.1) is 0 Å². The quantitative estimate of drug-likeness (QED) is 0.689. The lowest BCUT2D eigenvalue weighted by atomic mass is 9.98. The predicted octanol–water partition coefficient (Wildman–Crippen LogP) is 1.21. The summed E-state index contributed by atoms with van der Waals surface area (Å²) in [5.74, 6) is -5.94. The molecule has 1 rings (SSSR count). The van der Waals surface area contributed by atoms with E-state index in [9.17, 15) is 22.0 Å². The molecule has 0 N–H and O–H groups in total. The fraction of sp³-hybridized carbons (Fsp3) is 0.857. The van der Waals surface area contributed by atoms with Gasteiger partial charge in [0.1, 0.15) is 0 Å². The van der Waals surface area contributed by atoms with Crippen LogP contribution in [-0.4, -0.2) is 31.1 Å². The highest BCUT2D eigenvalue weighted by atomic mass is 35.5. The van der Waals surface area contributed by atoms with Crippen LogP contribution in [-0.2, 0) is 14.6 Å². The van der Waals surface area contributed by atoms with Crippen molar-refractivity contribution in [3.8, 4) is 0 Å². The lowest BCUT2D eigenvalue weighted by molar-refractivity contribution is -0.141. The molecule has 0 aromatic heterocycles. The Kier molecular flexibility index (Phi) is 3.16. The van der Waals surface area contributed by atoms with Crippen LogP contribution in [0.4, 0.5) is 8.78 Å². The number of carbonyl (C=O) groups excluding carboxylic acids is 1. The van der Waals surface area contributed by atoms with Crippen molar-refractivity contribution in [2.24, 2.45) is 5.92 Å². The average Bonchev–Trinajstić information content (AvgIpc) is 2.02. The predicted molar refractivity (Wildman–Crippen MR) is 47.2 cm³/mol. The second-order valence-corrected chi connectivity index (χ2v) is 5.92. The maximum atomic E-state index is 13.0. The van der Waals surface area contributed by atoms with Gasteiger partial charge in [0.25, 0.3) is 5.24 Å². The molecule has 0 aromatic rings. The minimum Gasteiger partial charge on any atom is -0.274 e. The molecule has 1 atom stereocenters. The first-order valence-electron chi connectivity index (χ1n) is 4.04. The highest BCUT2D eigenvalue weighted by Gasteiger charge is 2.48. The summed E-state index contributed by atoms with van der Waals surface area (Å²) in [5, 5.41) is -1.78. The zero-order chi connectivity index (χ0) is 11.0. The van der Waals surface area contributed by atoms with Gasteiger partial charge in [0, 0.05) is 5.92 Å². The van der Waals surface area contributed by atoms with Gasteiger partial charge in [-0.3, -0.25) is 4.79 Å². The van der Waals surface area contributed by atoms with Gasteiger partial charge >= 0.3 is 5.92 Å². The molecule has 0 radical (unpaired) electrons. The van der Waals surface area contributed by atoms with Gasteiger partial charge < -0.3 is 0 Å². The van der Waals surface area contributed by atoms with E-state index in [2.05, 4.69) is 0 Å². The molecule has 1 fully saturated rings. The number of rotatable bonds is 2. The molecule has 0 aromatic carbocycles. The van der Waals surface area contributed by atoms with E-state index in [1.807, 2.05) is 0 Å². The Balaban J connectivity index is 2.84. The topological polar surface area (TPSA) is 51.2 Å². The number of sulfone groups is 1. The smallest absolute Gasteiger partial charge is 0.274 e. The first-order chi connectivity index (χ1) is 6.26. The van der Waals surface area contributed by atoms with E-state index in [0.29, 0.717) is 0 Å². The van der Waals surface area contributed by atoms with Crippen LogP contribution in [0, 0.1) is 5.92 Å². The third-order valence-electron chi connectivity index (χ3n) is 2.24. The summed E-state index contributed by atoms with van der Waals surface area (Å²) >= 11 is 4.71. The third-order valence-corrected chi connectivity index (χ3v) is 4.31. The van der Waals surface area contributed by atoms with Gasteiger partial charge in [-0.1, -0.05) is 0 Å². The van der Waals surface area contributed by atoms with Gasteiger partial charge in [0.15, 0.2) is 9.84 Å². The molecule has 1 aliphatic heterocycles. The van der Waals surface area contributed by atoms with E-state index in [4.69, 9.17) is 11.6 Å². The van der Waals surface area contributed by atoms with Crippen LogP contribution in [0.1, 0.15) is 12.8 Å². The van der Waals surface area contributed by atoms with Crippen LogP contribution >= 0.6 is 11.6 Å². The van der Waals surface area contributed by atoms with Gasteiger partial charge in [0.2, 0.25) is 0 Å². The second-order valence-electron chi connectivity index (χ2n) is 3.35. The SMILES string of the molecule is O=C(Cl)C(F)(F)C1CCCS(=O)(=O)C1. The van der Waals surface area contributed by atoms with Gasteiger partial charge in [-0.05, 0) is 24.4 Å². The number of carbonyl (C=O) groups is 1. The summed E-state index contributed by atoms with van der Waals surface area (Å²) in [6, 6.07) is 0. The Bertz CT molecular complexity index is 339. The lowest BCUT2D eigenvalue weighted by Gasteiger charge is -2.26. The molecule has 0 aliphatic carbocycles. The molecule has 3 nitrogen and oxygen atoms in total. The van der Waals surface area contributed by atoms with E-state index in [-0.39, 0.29) is 18.6 Å². The van der Waals surface area contributed by atoms with Crippen LogP contribution in [0.25, 0.3) is 0 Å². The number of alkyl halides is 2. The van der Waals surface area contributed by atoms with Crippen molar-refractivity contribution in [3.63, 3.8) is 0 Å². The van der Waals surface area contributed by atoms with E-state index in [0.717, 1.165) is 0 Å². The molecule has 1 saturated heterocycles. The van der Waals surface area contributed by atoms with E-state index < -0.39 is 32.7 Å². The monoisotopic (exact) mass is 246 g/mol. The Morgan fingerprint density at radius 1 is 1.43 bits per heavy atom. The maximum absolute atomic E-state index is 13.0. The molecule has 0 spiro atoms. The Morgan fingerprint density at radius 3 is 2.43 bits per heavy atom. The van der Waals surface area contributed by atoms with Crippen molar-refractivity contribution in [2.75, 3.05) is 11.5 Å². The number of halogens is 3. The molecular weight excluding hydrogens is 238 g/mol. The number of hydrogen-bond donors (Lipinski definition) is 0. The standard InChI is InChI=1S/C7H9ClF2O3S/c8-6(11)7(9,10)5-2-1-3-14(12,13)4-5/h5H,1-4H2. The Morgan fingerprint density at radius 2 is 2.00 bits per heavy atom. The molecule has 0 saturated carbocycles. The normalized spacial score (nSPS) is 27.2. The van der Waals surface area contributed by atoms with Crippen molar-refractivity contribution in [3.05, 3.63) is 0 Å². The molecule has 7 heteroatoms. The Labute approximate surface area is 85.3 Å². The second kappa shape index (κ2) is 3.73. The summed E-state index contributed by atoms with van der Waals surface area (Å²) in [5.41, 5.74) is 0. The molecule has 1 unspecified atom stereocenters. The first-order valence-corrected chi connectivity index (χ1v) is 6.24. The molecular formula is C7H9ClF2O3S. The van der Waals surface area contributed by atoms with Crippen LogP contribution in [0.15, 0.2) is 0 Å². The summed E-state index contributed by atoms with van der Waals surface area (Å²) in [7, 11) is -3.44. The lowest BCUT2D eigenvalue weighted by Crippen LogP contribution is -2.41. The van der Waals surface area contributed by atoms with E-state index >= 15 is 0 Å². The average molecular weight is 247 g/mol. The van der Waals surface area contributed by atoms with E-state index in [1.54, 1.807) is 0 Å².